The minimum Gasteiger partial charge on any atom is -0.497 e. The summed E-state index contributed by atoms with van der Waals surface area (Å²) in [5.41, 5.74) is 1.03. The van der Waals surface area contributed by atoms with Crippen LogP contribution in [0.15, 0.2) is 23.6 Å². The smallest absolute Gasteiger partial charge is 0.121 e. The first-order chi connectivity index (χ1) is 6.13. The number of halogens is 1. The summed E-state index contributed by atoms with van der Waals surface area (Å²) in [5, 5.41) is 1.95. The van der Waals surface area contributed by atoms with Gasteiger partial charge in [-0.15, -0.1) is 5.37 Å². The molecule has 1 aromatic carbocycles. The fraction of sp³-hybridized carbons (Fsp3) is 0.111. The monoisotopic (exact) mass is 192 g/mol. The third-order valence-corrected chi connectivity index (χ3v) is 1.98. The number of hydrogen-bond acceptors (Lipinski definition) is 1. The Bertz CT molecular complexity index is 332. The highest BCUT2D eigenvalue weighted by Gasteiger charge is 1.98. The molecule has 1 aromatic rings. The van der Waals surface area contributed by atoms with Crippen LogP contribution < -0.4 is 4.74 Å². The Labute approximate surface area is 85.6 Å². The molecule has 13 heavy (non-hydrogen) atoms. The van der Waals surface area contributed by atoms with E-state index in [0.29, 0.717) is 0 Å². The van der Waals surface area contributed by atoms with Crippen molar-refractivity contribution in [1.82, 2.24) is 0 Å². The van der Waals surface area contributed by atoms with Crippen LogP contribution in [0.5, 0.6) is 5.75 Å². The first-order valence-corrected chi connectivity index (χ1v) is 4.49. The fourth-order valence-electron chi connectivity index (χ4n) is 1.06. The van der Waals surface area contributed by atoms with Crippen LogP contribution in [0, 0.1) is 0 Å². The minimum absolute atomic E-state index is 0.723. The molecule has 0 saturated carbocycles. The molecule has 0 heterocycles. The molecule has 4 heteroatoms. The molecule has 0 bridgehead atoms. The first kappa shape index (κ1) is 10.3. The Balaban J connectivity index is 3.05. The topological polar surface area (TPSA) is 9.23 Å². The van der Waals surface area contributed by atoms with Crippen LogP contribution in [0.4, 0.5) is 0 Å². The molecule has 1 nitrogen and oxygen atoms in total. The van der Waals surface area contributed by atoms with Gasteiger partial charge in [-0.25, -0.2) is 0 Å². The van der Waals surface area contributed by atoms with Crippen molar-refractivity contribution < 1.29 is 4.74 Å². The first-order valence-electron chi connectivity index (χ1n) is 4.12. The number of hydrogen-bond donors (Lipinski definition) is 0. The average Bonchev–Trinajstić information content (AvgIpc) is 2.08. The van der Waals surface area contributed by atoms with Crippen LogP contribution in [0.25, 0.3) is 6.08 Å². The van der Waals surface area contributed by atoms with Gasteiger partial charge in [0.1, 0.15) is 21.4 Å². The second-order valence-electron chi connectivity index (χ2n) is 3.11. The van der Waals surface area contributed by atoms with Crippen molar-refractivity contribution in [2.45, 2.75) is 0 Å². The summed E-state index contributed by atoms with van der Waals surface area (Å²) < 4.78 is 5.05. The van der Waals surface area contributed by atoms with E-state index >= 15 is 0 Å². The molecular weight excluding hydrogens is 181 g/mol. The molecule has 0 aromatic heterocycles. The highest BCUT2D eigenvalue weighted by molar-refractivity contribution is 6.50. The van der Waals surface area contributed by atoms with Crippen LogP contribution in [-0.4, -0.2) is 22.8 Å². The fourth-order valence-corrected chi connectivity index (χ4v) is 1.29. The van der Waals surface area contributed by atoms with Gasteiger partial charge in [-0.2, -0.15) is 0 Å². The van der Waals surface area contributed by atoms with E-state index in [4.69, 9.17) is 16.3 Å². The van der Waals surface area contributed by atoms with Gasteiger partial charge in [-0.3, -0.25) is 0 Å². The Morgan fingerprint density at radius 1 is 1.46 bits per heavy atom. The summed E-state index contributed by atoms with van der Waals surface area (Å²) in [7, 11) is 5.72. The molecule has 0 saturated heterocycles. The molecule has 0 spiro atoms. The molecule has 0 unspecified atom stereocenters. The van der Waals surface area contributed by atoms with Crippen molar-refractivity contribution in [2.24, 2.45) is 0 Å². The molecule has 66 valence electrons. The van der Waals surface area contributed by atoms with Gasteiger partial charge in [0.25, 0.3) is 0 Å². The maximum atomic E-state index is 6.03. The SMILES string of the molecule is BC(B)=Cc1ccc(OC)cc1Cl. The van der Waals surface area contributed by atoms with Crippen LogP contribution in [0.1, 0.15) is 5.56 Å². The van der Waals surface area contributed by atoms with Gasteiger partial charge in [0, 0.05) is 0 Å². The van der Waals surface area contributed by atoms with Crippen molar-refractivity contribution in [3.8, 4) is 5.75 Å². The van der Waals surface area contributed by atoms with Crippen molar-refractivity contribution in [2.75, 3.05) is 7.11 Å². The highest BCUT2D eigenvalue weighted by atomic mass is 35.5. The van der Waals surface area contributed by atoms with Crippen LogP contribution >= 0.6 is 11.6 Å². The number of ether oxygens (including phenoxy) is 1. The molecule has 1 rings (SSSR count). The van der Waals surface area contributed by atoms with E-state index in [1.807, 2.05) is 40.0 Å². The highest BCUT2D eigenvalue weighted by Crippen LogP contribution is 2.23. The maximum Gasteiger partial charge on any atom is 0.121 e. The largest absolute Gasteiger partial charge is 0.497 e. The van der Waals surface area contributed by atoms with Gasteiger partial charge in [0.05, 0.1) is 12.1 Å². The van der Waals surface area contributed by atoms with E-state index in [9.17, 15) is 0 Å². The van der Waals surface area contributed by atoms with Gasteiger partial charge in [-0.1, -0.05) is 17.7 Å². The molecule has 0 aliphatic carbocycles. The second-order valence-corrected chi connectivity index (χ2v) is 3.52. The standard InChI is InChI=1S/C9H11B2ClO/c1-13-7-3-2-6(4-9(10)11)8(12)5-7/h2-5H,10-11H2,1H3. The van der Waals surface area contributed by atoms with Gasteiger partial charge < -0.3 is 4.74 Å². The lowest BCUT2D eigenvalue weighted by Crippen LogP contribution is -1.85. The average molecular weight is 192 g/mol. The molecule has 0 atom stereocenters. The zero-order chi connectivity index (χ0) is 9.84. The van der Waals surface area contributed by atoms with E-state index in [1.165, 1.54) is 5.37 Å². The lowest BCUT2D eigenvalue weighted by Gasteiger charge is -2.03. The summed E-state index contributed by atoms with van der Waals surface area (Å²) in [5.74, 6) is 0.788. The third kappa shape index (κ3) is 2.85. The molecule has 0 N–H and O–H groups in total. The number of methoxy groups -OCH3 is 1. The van der Waals surface area contributed by atoms with E-state index < -0.39 is 0 Å². The lowest BCUT2D eigenvalue weighted by atomic mass is 9.77. The Morgan fingerprint density at radius 2 is 2.15 bits per heavy atom. The summed E-state index contributed by atoms with van der Waals surface area (Å²) in [6.07, 6.45) is 2.04. The lowest BCUT2D eigenvalue weighted by molar-refractivity contribution is 0.415. The molecule has 0 fully saturated rings. The summed E-state index contributed by atoms with van der Waals surface area (Å²) in [4.78, 5) is 0. The zero-order valence-corrected chi connectivity index (χ0v) is 8.85. The van der Waals surface area contributed by atoms with Crippen LogP contribution in [0.3, 0.4) is 0 Å². The normalized spacial score (nSPS) is 9.38. The van der Waals surface area contributed by atoms with E-state index in [0.717, 1.165) is 16.3 Å². The predicted octanol–water partition coefficient (Wildman–Crippen LogP) is 0.913. The Hall–Kier alpha value is -0.820. The second kappa shape index (κ2) is 4.43. The predicted molar refractivity (Wildman–Crippen MR) is 63.1 cm³/mol. The third-order valence-electron chi connectivity index (χ3n) is 1.65. The van der Waals surface area contributed by atoms with Crippen molar-refractivity contribution >= 4 is 33.4 Å². The van der Waals surface area contributed by atoms with Crippen molar-refractivity contribution in [3.63, 3.8) is 0 Å². The molecule has 0 amide bonds. The Morgan fingerprint density at radius 3 is 2.62 bits per heavy atom. The summed E-state index contributed by atoms with van der Waals surface area (Å²) >= 11 is 6.03. The molecular formula is C9H11B2ClO. The summed E-state index contributed by atoms with van der Waals surface area (Å²) in [6.45, 7) is 0. The van der Waals surface area contributed by atoms with E-state index in [2.05, 4.69) is 0 Å². The molecule has 0 aliphatic heterocycles. The number of benzene rings is 1. The zero-order valence-electron chi connectivity index (χ0n) is 8.10. The summed E-state index contributed by atoms with van der Waals surface area (Å²) in [6, 6.07) is 5.67. The van der Waals surface area contributed by atoms with Gasteiger partial charge in [-0.05, 0) is 23.8 Å². The van der Waals surface area contributed by atoms with E-state index in [1.54, 1.807) is 7.11 Å². The minimum atomic E-state index is 0.723. The van der Waals surface area contributed by atoms with Gasteiger partial charge in [0.2, 0.25) is 0 Å². The van der Waals surface area contributed by atoms with Gasteiger partial charge >= 0.3 is 0 Å². The number of rotatable bonds is 2. The quantitative estimate of drug-likeness (QED) is 0.633. The Kier molecular flexibility index (Phi) is 3.49. The maximum absolute atomic E-state index is 6.03. The van der Waals surface area contributed by atoms with Crippen LogP contribution in [0.2, 0.25) is 5.02 Å². The molecule has 0 aliphatic rings. The van der Waals surface area contributed by atoms with Crippen molar-refractivity contribution in [1.29, 1.82) is 0 Å². The molecule has 0 radical (unpaired) electrons. The van der Waals surface area contributed by atoms with Gasteiger partial charge in [0.15, 0.2) is 0 Å². The van der Waals surface area contributed by atoms with Crippen molar-refractivity contribution in [3.05, 3.63) is 34.2 Å². The van der Waals surface area contributed by atoms with Crippen LogP contribution in [-0.2, 0) is 0 Å². The van der Waals surface area contributed by atoms with E-state index in [-0.39, 0.29) is 0 Å².